The molecule has 0 aromatic heterocycles. The Morgan fingerprint density at radius 3 is 2.43 bits per heavy atom. The number of piperidine rings is 1. The van der Waals surface area contributed by atoms with Crippen LogP contribution in [0.1, 0.15) is 57.6 Å². The number of aryl methyl sites for hydroxylation is 1. The van der Waals surface area contributed by atoms with Crippen molar-refractivity contribution < 1.29 is 0 Å². The van der Waals surface area contributed by atoms with Gasteiger partial charge in [0.25, 0.3) is 0 Å². The predicted molar refractivity (Wildman–Crippen MR) is 130 cm³/mol. The molecule has 1 aromatic rings. The molecule has 2 rings (SSSR count). The second kappa shape index (κ2) is 13.7. The average molecular weight is 416 g/mol. The summed E-state index contributed by atoms with van der Waals surface area (Å²) >= 11 is 0. The van der Waals surface area contributed by atoms with Gasteiger partial charge in [-0.05, 0) is 83.7 Å². The fourth-order valence-electron chi connectivity index (χ4n) is 4.20. The van der Waals surface area contributed by atoms with E-state index in [9.17, 15) is 0 Å². The number of aliphatic imine (C=N–C) groups is 1. The normalized spacial score (nSPS) is 17.3. The molecule has 1 heterocycles. The Morgan fingerprint density at radius 2 is 1.83 bits per heavy atom. The minimum absolute atomic E-state index is 0.447. The molecule has 1 aliphatic heterocycles. The summed E-state index contributed by atoms with van der Waals surface area (Å²) in [6.07, 6.45) is 4.92. The molecule has 0 amide bonds. The number of likely N-dealkylation sites (tertiary alicyclic amines) is 1. The lowest BCUT2D eigenvalue weighted by Gasteiger charge is -2.32. The van der Waals surface area contributed by atoms with Gasteiger partial charge in [0, 0.05) is 26.2 Å². The molecular weight excluding hydrogens is 370 g/mol. The minimum Gasteiger partial charge on any atom is -0.356 e. The quantitative estimate of drug-likeness (QED) is 0.425. The van der Waals surface area contributed by atoms with E-state index in [1.165, 1.54) is 56.4 Å². The number of nitrogens with zero attached hydrogens (tertiary/aromatic N) is 3. The van der Waals surface area contributed by atoms with E-state index in [1.54, 1.807) is 0 Å². The van der Waals surface area contributed by atoms with E-state index in [0.29, 0.717) is 6.04 Å². The molecule has 30 heavy (non-hydrogen) atoms. The topological polar surface area (TPSA) is 42.9 Å². The third kappa shape index (κ3) is 9.05. The Morgan fingerprint density at radius 1 is 1.17 bits per heavy atom. The average Bonchev–Trinajstić information content (AvgIpc) is 2.76. The van der Waals surface area contributed by atoms with Crippen LogP contribution in [0.25, 0.3) is 0 Å². The summed E-state index contributed by atoms with van der Waals surface area (Å²) in [7, 11) is 1.88. The molecule has 1 atom stereocenters. The molecule has 1 saturated heterocycles. The molecular formula is C25H45N5. The third-order valence-electron chi connectivity index (χ3n) is 6.40. The molecule has 1 fully saturated rings. The molecule has 1 aliphatic rings. The van der Waals surface area contributed by atoms with Gasteiger partial charge in [-0.1, -0.05) is 43.7 Å². The standard InChI is InChI=1S/C25H45N5/c1-6-29(7-2)16-8-9-22(4)28-25(26-5)27-19-23-14-17-30(18-15-23)20-24-12-10-21(3)11-13-24/h10-13,22-23H,6-9,14-20H2,1-5H3,(H2,26,27,28). The number of rotatable bonds is 11. The number of hydrogen-bond donors (Lipinski definition) is 2. The SMILES string of the molecule is CCN(CC)CCCC(C)NC(=NC)NCC1CCN(Cc2ccc(C)cc2)CC1. The molecule has 2 N–H and O–H groups in total. The number of hydrogen-bond acceptors (Lipinski definition) is 3. The number of nitrogens with one attached hydrogen (secondary N) is 2. The van der Waals surface area contributed by atoms with Gasteiger partial charge in [-0.2, -0.15) is 0 Å². The van der Waals surface area contributed by atoms with E-state index in [1.807, 2.05) is 7.05 Å². The van der Waals surface area contributed by atoms with E-state index >= 15 is 0 Å². The van der Waals surface area contributed by atoms with Crippen LogP contribution < -0.4 is 10.6 Å². The van der Waals surface area contributed by atoms with Gasteiger partial charge in [-0.25, -0.2) is 0 Å². The highest BCUT2D eigenvalue weighted by Crippen LogP contribution is 2.18. The second-order valence-electron chi connectivity index (χ2n) is 8.87. The minimum atomic E-state index is 0.447. The lowest BCUT2D eigenvalue weighted by atomic mass is 9.96. The van der Waals surface area contributed by atoms with Crippen molar-refractivity contribution in [2.75, 3.05) is 46.3 Å². The molecule has 1 aromatic carbocycles. The lowest BCUT2D eigenvalue weighted by molar-refractivity contribution is 0.178. The molecule has 0 radical (unpaired) electrons. The molecule has 0 aliphatic carbocycles. The summed E-state index contributed by atoms with van der Waals surface area (Å²) in [5.74, 6) is 1.68. The maximum absolute atomic E-state index is 4.44. The molecule has 0 bridgehead atoms. The molecule has 5 heteroatoms. The van der Waals surface area contributed by atoms with Crippen LogP contribution in [0.2, 0.25) is 0 Å². The maximum atomic E-state index is 4.44. The lowest BCUT2D eigenvalue weighted by Crippen LogP contribution is -2.45. The van der Waals surface area contributed by atoms with Crippen molar-refractivity contribution >= 4 is 5.96 Å². The van der Waals surface area contributed by atoms with Crippen LogP contribution in [-0.2, 0) is 6.54 Å². The first-order valence-electron chi connectivity index (χ1n) is 12.0. The Hall–Kier alpha value is -1.59. The summed E-state index contributed by atoms with van der Waals surface area (Å²) in [5.41, 5.74) is 2.76. The highest BCUT2D eigenvalue weighted by molar-refractivity contribution is 5.79. The Labute approximate surface area is 185 Å². The smallest absolute Gasteiger partial charge is 0.191 e. The zero-order chi connectivity index (χ0) is 21.8. The van der Waals surface area contributed by atoms with Crippen LogP contribution in [-0.4, -0.2) is 68.1 Å². The monoisotopic (exact) mass is 415 g/mol. The van der Waals surface area contributed by atoms with Crippen molar-refractivity contribution in [1.29, 1.82) is 0 Å². The zero-order valence-corrected chi connectivity index (χ0v) is 20.1. The number of guanidine groups is 1. The van der Waals surface area contributed by atoms with Gasteiger partial charge in [0.2, 0.25) is 0 Å². The second-order valence-corrected chi connectivity index (χ2v) is 8.87. The molecule has 5 nitrogen and oxygen atoms in total. The van der Waals surface area contributed by atoms with Crippen molar-refractivity contribution in [2.45, 2.75) is 66.0 Å². The predicted octanol–water partition coefficient (Wildman–Crippen LogP) is 3.88. The van der Waals surface area contributed by atoms with Gasteiger partial charge >= 0.3 is 0 Å². The first-order valence-corrected chi connectivity index (χ1v) is 12.0. The van der Waals surface area contributed by atoms with Crippen LogP contribution in [0.15, 0.2) is 29.3 Å². The van der Waals surface area contributed by atoms with Crippen LogP contribution in [0, 0.1) is 12.8 Å². The van der Waals surface area contributed by atoms with Crippen LogP contribution in [0.5, 0.6) is 0 Å². The van der Waals surface area contributed by atoms with Gasteiger partial charge in [0.1, 0.15) is 0 Å². The van der Waals surface area contributed by atoms with Gasteiger partial charge in [-0.15, -0.1) is 0 Å². The van der Waals surface area contributed by atoms with Crippen molar-refractivity contribution in [3.63, 3.8) is 0 Å². The molecule has 170 valence electrons. The van der Waals surface area contributed by atoms with Crippen molar-refractivity contribution in [1.82, 2.24) is 20.4 Å². The van der Waals surface area contributed by atoms with Crippen LogP contribution in [0.4, 0.5) is 0 Å². The summed E-state index contributed by atoms with van der Waals surface area (Å²) in [4.78, 5) is 9.52. The first kappa shape index (κ1) is 24.7. The summed E-state index contributed by atoms with van der Waals surface area (Å²) < 4.78 is 0. The van der Waals surface area contributed by atoms with Gasteiger partial charge in [0.15, 0.2) is 5.96 Å². The Balaban J connectivity index is 1.62. The first-order chi connectivity index (χ1) is 14.5. The van der Waals surface area contributed by atoms with Crippen molar-refractivity contribution in [2.24, 2.45) is 10.9 Å². The van der Waals surface area contributed by atoms with Gasteiger partial charge in [-0.3, -0.25) is 9.89 Å². The van der Waals surface area contributed by atoms with E-state index in [2.05, 4.69) is 77.4 Å². The molecule has 0 saturated carbocycles. The van der Waals surface area contributed by atoms with Crippen LogP contribution >= 0.6 is 0 Å². The maximum Gasteiger partial charge on any atom is 0.191 e. The van der Waals surface area contributed by atoms with Crippen molar-refractivity contribution in [3.05, 3.63) is 35.4 Å². The zero-order valence-electron chi connectivity index (χ0n) is 20.1. The van der Waals surface area contributed by atoms with Crippen molar-refractivity contribution in [3.8, 4) is 0 Å². The Kier molecular flexibility index (Phi) is 11.2. The fourth-order valence-corrected chi connectivity index (χ4v) is 4.20. The molecule has 0 spiro atoms. The van der Waals surface area contributed by atoms with Gasteiger partial charge < -0.3 is 15.5 Å². The van der Waals surface area contributed by atoms with E-state index in [0.717, 1.165) is 38.1 Å². The van der Waals surface area contributed by atoms with Crippen LogP contribution in [0.3, 0.4) is 0 Å². The summed E-state index contributed by atoms with van der Waals surface area (Å²) in [6, 6.07) is 9.41. The third-order valence-corrected chi connectivity index (χ3v) is 6.40. The van der Waals surface area contributed by atoms with Gasteiger partial charge in [0.05, 0.1) is 0 Å². The fraction of sp³-hybridized carbons (Fsp3) is 0.720. The highest BCUT2D eigenvalue weighted by atomic mass is 15.2. The largest absolute Gasteiger partial charge is 0.356 e. The molecule has 1 unspecified atom stereocenters. The summed E-state index contributed by atoms with van der Waals surface area (Å²) in [6.45, 7) is 16.8. The summed E-state index contributed by atoms with van der Waals surface area (Å²) in [5, 5.41) is 7.14. The van der Waals surface area contributed by atoms with E-state index in [-0.39, 0.29) is 0 Å². The van der Waals surface area contributed by atoms with E-state index < -0.39 is 0 Å². The van der Waals surface area contributed by atoms with E-state index in [4.69, 9.17) is 0 Å². The Bertz CT molecular complexity index is 600. The number of benzene rings is 1. The highest BCUT2D eigenvalue weighted by Gasteiger charge is 2.19.